The predicted molar refractivity (Wildman–Crippen MR) is 79.5 cm³/mol. The normalized spacial score (nSPS) is 10.7. The first-order valence-electron chi connectivity index (χ1n) is 6.50. The summed E-state index contributed by atoms with van der Waals surface area (Å²) in [6.07, 6.45) is 0.366. The average molecular weight is 280 g/mol. The number of nitrogens with zero attached hydrogens (tertiary/aromatic N) is 3. The van der Waals surface area contributed by atoms with E-state index in [-0.39, 0.29) is 5.82 Å². The topological polar surface area (TPSA) is 67.6 Å². The third kappa shape index (κ3) is 2.21. The van der Waals surface area contributed by atoms with Gasteiger partial charge in [-0.05, 0) is 36.2 Å². The van der Waals surface area contributed by atoms with E-state index in [4.69, 9.17) is 11.0 Å². The van der Waals surface area contributed by atoms with Gasteiger partial charge in [-0.1, -0.05) is 12.1 Å². The quantitative estimate of drug-likeness (QED) is 0.784. The molecule has 0 saturated heterocycles. The van der Waals surface area contributed by atoms with Gasteiger partial charge in [0.1, 0.15) is 5.82 Å². The van der Waals surface area contributed by atoms with E-state index in [9.17, 15) is 4.39 Å². The van der Waals surface area contributed by atoms with Crippen LogP contribution in [0.4, 0.5) is 10.3 Å². The first-order valence-corrected chi connectivity index (χ1v) is 6.50. The van der Waals surface area contributed by atoms with Gasteiger partial charge in [0.2, 0.25) is 5.95 Å². The Balaban J connectivity index is 2.17. The van der Waals surface area contributed by atoms with Crippen LogP contribution in [0.15, 0.2) is 36.4 Å². The molecule has 0 amide bonds. The number of hydrogen-bond donors (Lipinski definition) is 1. The highest BCUT2D eigenvalue weighted by Gasteiger charge is 2.12. The molecule has 1 heterocycles. The summed E-state index contributed by atoms with van der Waals surface area (Å²) >= 11 is 0. The van der Waals surface area contributed by atoms with Crippen molar-refractivity contribution < 1.29 is 4.39 Å². The second-order valence-corrected chi connectivity index (χ2v) is 4.90. The molecule has 0 aliphatic heterocycles. The number of nitriles is 1. The van der Waals surface area contributed by atoms with Crippen molar-refractivity contribution in [3.63, 3.8) is 0 Å². The third-order valence-electron chi connectivity index (χ3n) is 3.44. The van der Waals surface area contributed by atoms with E-state index in [1.54, 1.807) is 17.6 Å². The number of benzene rings is 2. The molecule has 0 saturated carbocycles. The molecule has 0 atom stereocenters. The summed E-state index contributed by atoms with van der Waals surface area (Å²) in [4.78, 5) is 4.20. The highest BCUT2D eigenvalue weighted by Crippen LogP contribution is 2.25. The van der Waals surface area contributed by atoms with Crippen LogP contribution >= 0.6 is 0 Å². The molecule has 0 unspecified atom stereocenters. The van der Waals surface area contributed by atoms with Crippen molar-refractivity contribution in [2.75, 3.05) is 5.73 Å². The predicted octanol–water partition coefficient (Wildman–Crippen LogP) is 3.12. The van der Waals surface area contributed by atoms with E-state index in [2.05, 4.69) is 11.1 Å². The van der Waals surface area contributed by atoms with E-state index in [1.807, 2.05) is 24.3 Å². The van der Waals surface area contributed by atoms with Crippen LogP contribution in [0.3, 0.4) is 0 Å². The van der Waals surface area contributed by atoms with Crippen molar-refractivity contribution >= 4 is 17.0 Å². The maximum Gasteiger partial charge on any atom is 0.205 e. The fraction of sp³-hybridized carbons (Fsp3) is 0.125. The smallest absolute Gasteiger partial charge is 0.205 e. The van der Waals surface area contributed by atoms with E-state index in [0.29, 0.717) is 23.4 Å². The zero-order valence-corrected chi connectivity index (χ0v) is 11.5. The van der Waals surface area contributed by atoms with Crippen LogP contribution in [0.5, 0.6) is 0 Å². The van der Waals surface area contributed by atoms with Crippen LogP contribution in [-0.4, -0.2) is 9.55 Å². The molecular weight excluding hydrogens is 267 g/mol. The summed E-state index contributed by atoms with van der Waals surface area (Å²) in [5.74, 6) is 0.0135. The van der Waals surface area contributed by atoms with Gasteiger partial charge in [0.25, 0.3) is 0 Å². The standard InChI is InChI=1S/C16H13FN4/c1-10-8-15-14(9-13(10)17)20-16(19)21(15)12-4-2-11(3-5-12)6-7-18/h2-5,8-9H,6H2,1H3,(H2,19,20). The Morgan fingerprint density at radius 3 is 2.67 bits per heavy atom. The lowest BCUT2D eigenvalue weighted by Crippen LogP contribution is -2.00. The molecule has 0 aliphatic rings. The van der Waals surface area contributed by atoms with Gasteiger partial charge >= 0.3 is 0 Å². The van der Waals surface area contributed by atoms with Gasteiger partial charge in [-0.25, -0.2) is 9.37 Å². The van der Waals surface area contributed by atoms with Gasteiger partial charge in [-0.3, -0.25) is 4.57 Å². The summed E-state index contributed by atoms with van der Waals surface area (Å²) in [6, 6.07) is 12.7. The van der Waals surface area contributed by atoms with E-state index in [0.717, 1.165) is 16.8 Å². The van der Waals surface area contributed by atoms with Crippen LogP contribution in [0.25, 0.3) is 16.7 Å². The fourth-order valence-electron chi connectivity index (χ4n) is 2.35. The number of rotatable bonds is 2. The molecular formula is C16H13FN4. The Morgan fingerprint density at radius 1 is 1.29 bits per heavy atom. The van der Waals surface area contributed by atoms with Gasteiger partial charge in [0.05, 0.1) is 23.5 Å². The molecule has 0 spiro atoms. The maximum absolute atomic E-state index is 13.6. The lowest BCUT2D eigenvalue weighted by Gasteiger charge is -2.07. The van der Waals surface area contributed by atoms with E-state index in [1.165, 1.54) is 6.07 Å². The monoisotopic (exact) mass is 280 g/mol. The van der Waals surface area contributed by atoms with Crippen molar-refractivity contribution in [3.8, 4) is 11.8 Å². The van der Waals surface area contributed by atoms with Gasteiger partial charge in [-0.15, -0.1) is 0 Å². The lowest BCUT2D eigenvalue weighted by atomic mass is 10.1. The van der Waals surface area contributed by atoms with Gasteiger partial charge in [0, 0.05) is 11.8 Å². The number of fused-ring (bicyclic) bond motifs is 1. The Morgan fingerprint density at radius 2 is 2.00 bits per heavy atom. The van der Waals surface area contributed by atoms with Crippen LogP contribution in [0.1, 0.15) is 11.1 Å². The number of halogens is 1. The van der Waals surface area contributed by atoms with Gasteiger partial charge in [-0.2, -0.15) is 5.26 Å². The summed E-state index contributed by atoms with van der Waals surface area (Å²) in [6.45, 7) is 1.71. The molecule has 0 fully saturated rings. The van der Waals surface area contributed by atoms with Crippen molar-refractivity contribution in [2.24, 2.45) is 0 Å². The molecule has 104 valence electrons. The Hall–Kier alpha value is -2.87. The number of aryl methyl sites for hydroxylation is 1. The number of hydrogen-bond acceptors (Lipinski definition) is 3. The Kier molecular flexibility index (Phi) is 3.07. The molecule has 0 aliphatic carbocycles. The summed E-state index contributed by atoms with van der Waals surface area (Å²) in [7, 11) is 0. The lowest BCUT2D eigenvalue weighted by molar-refractivity contribution is 0.620. The molecule has 3 aromatic rings. The molecule has 0 radical (unpaired) electrons. The number of aromatic nitrogens is 2. The first kappa shape index (κ1) is 13.1. The minimum absolute atomic E-state index is 0.295. The molecule has 21 heavy (non-hydrogen) atoms. The van der Waals surface area contributed by atoms with E-state index < -0.39 is 0 Å². The third-order valence-corrected chi connectivity index (χ3v) is 3.44. The molecule has 2 N–H and O–H groups in total. The number of imidazole rings is 1. The van der Waals surface area contributed by atoms with E-state index >= 15 is 0 Å². The molecule has 4 nitrogen and oxygen atoms in total. The molecule has 0 bridgehead atoms. The van der Waals surface area contributed by atoms with Crippen molar-refractivity contribution in [1.82, 2.24) is 9.55 Å². The van der Waals surface area contributed by atoms with Gasteiger partial charge in [0.15, 0.2) is 0 Å². The Labute approximate surface area is 121 Å². The summed E-state index contributed by atoms with van der Waals surface area (Å²) < 4.78 is 15.4. The zero-order chi connectivity index (χ0) is 15.0. The number of nitrogens with two attached hydrogens (primary N) is 1. The summed E-state index contributed by atoms with van der Waals surface area (Å²) in [5, 5.41) is 8.69. The van der Waals surface area contributed by atoms with Crippen molar-refractivity contribution in [3.05, 3.63) is 53.3 Å². The Bertz CT molecular complexity index is 857. The second kappa shape index (κ2) is 4.91. The van der Waals surface area contributed by atoms with Crippen molar-refractivity contribution in [2.45, 2.75) is 13.3 Å². The van der Waals surface area contributed by atoms with Crippen LogP contribution in [-0.2, 0) is 6.42 Å². The molecule has 3 rings (SSSR count). The second-order valence-electron chi connectivity index (χ2n) is 4.90. The van der Waals surface area contributed by atoms with Crippen LogP contribution < -0.4 is 5.73 Å². The molecule has 2 aromatic carbocycles. The summed E-state index contributed by atoms with van der Waals surface area (Å²) in [5.41, 5.74) is 9.57. The minimum Gasteiger partial charge on any atom is -0.369 e. The highest BCUT2D eigenvalue weighted by molar-refractivity contribution is 5.81. The largest absolute Gasteiger partial charge is 0.369 e. The highest BCUT2D eigenvalue weighted by atomic mass is 19.1. The minimum atomic E-state index is -0.295. The average Bonchev–Trinajstić information content (AvgIpc) is 2.76. The SMILES string of the molecule is Cc1cc2c(cc1F)nc(N)n2-c1ccc(CC#N)cc1. The fourth-order valence-corrected chi connectivity index (χ4v) is 2.35. The van der Waals surface area contributed by atoms with Gasteiger partial charge < -0.3 is 5.73 Å². The van der Waals surface area contributed by atoms with Crippen LogP contribution in [0.2, 0.25) is 0 Å². The number of nitrogen functional groups attached to an aromatic ring is 1. The first-order chi connectivity index (χ1) is 10.1. The van der Waals surface area contributed by atoms with Crippen LogP contribution in [0, 0.1) is 24.1 Å². The van der Waals surface area contributed by atoms with Crippen molar-refractivity contribution in [1.29, 1.82) is 5.26 Å². The number of anilines is 1. The zero-order valence-electron chi connectivity index (χ0n) is 11.5. The molecule has 5 heteroatoms. The molecule has 1 aromatic heterocycles. The maximum atomic E-state index is 13.6.